The van der Waals surface area contributed by atoms with Gasteiger partial charge in [0, 0.05) is 30.0 Å². The van der Waals surface area contributed by atoms with Crippen LogP contribution in [0, 0.1) is 0 Å². The van der Waals surface area contributed by atoms with E-state index in [4.69, 9.17) is 9.47 Å². The molecule has 1 fully saturated rings. The Hall–Kier alpha value is -2.86. The molecule has 0 bridgehead atoms. The van der Waals surface area contributed by atoms with Crippen LogP contribution in [0.2, 0.25) is 0 Å². The van der Waals surface area contributed by atoms with Gasteiger partial charge in [-0.05, 0) is 74.7 Å². The monoisotopic (exact) mass is 396 g/mol. The molecule has 154 valence electrons. The number of nitrogens with one attached hydrogen (secondary N) is 2. The SMILES string of the molecule is CCC(C)Oc1ccc(C(=O)Nc2ccc(C(=O)NCC3CCCO3)cc2)cc1. The van der Waals surface area contributed by atoms with Crippen LogP contribution in [0.5, 0.6) is 5.75 Å². The highest BCUT2D eigenvalue weighted by atomic mass is 16.5. The molecule has 1 aliphatic heterocycles. The van der Waals surface area contributed by atoms with E-state index >= 15 is 0 Å². The summed E-state index contributed by atoms with van der Waals surface area (Å²) in [4.78, 5) is 24.6. The van der Waals surface area contributed by atoms with Gasteiger partial charge in [0.05, 0.1) is 12.2 Å². The fraction of sp³-hybridized carbons (Fsp3) is 0.391. The molecule has 1 saturated heterocycles. The quantitative estimate of drug-likeness (QED) is 0.706. The Morgan fingerprint density at radius 1 is 1.07 bits per heavy atom. The van der Waals surface area contributed by atoms with Gasteiger partial charge in [-0.25, -0.2) is 0 Å². The van der Waals surface area contributed by atoms with Crippen LogP contribution in [0.15, 0.2) is 48.5 Å². The van der Waals surface area contributed by atoms with Crippen LogP contribution in [0.1, 0.15) is 53.8 Å². The maximum atomic E-state index is 12.4. The number of hydrogen-bond donors (Lipinski definition) is 2. The molecule has 0 aliphatic carbocycles. The lowest BCUT2D eigenvalue weighted by atomic mass is 10.1. The molecule has 2 atom stereocenters. The highest BCUT2D eigenvalue weighted by Gasteiger charge is 2.16. The van der Waals surface area contributed by atoms with E-state index in [-0.39, 0.29) is 24.0 Å². The second-order valence-corrected chi connectivity index (χ2v) is 7.24. The van der Waals surface area contributed by atoms with Crippen molar-refractivity contribution in [1.29, 1.82) is 0 Å². The molecule has 1 aliphatic rings. The summed E-state index contributed by atoms with van der Waals surface area (Å²) in [5.41, 5.74) is 1.72. The molecule has 29 heavy (non-hydrogen) atoms. The van der Waals surface area contributed by atoms with Gasteiger partial charge in [-0.1, -0.05) is 6.92 Å². The van der Waals surface area contributed by atoms with Crippen molar-refractivity contribution in [3.05, 3.63) is 59.7 Å². The topological polar surface area (TPSA) is 76.7 Å². The number of rotatable bonds is 8. The molecule has 2 unspecified atom stereocenters. The standard InChI is InChI=1S/C23H28N2O4/c1-3-16(2)29-20-12-8-18(9-13-20)23(27)25-19-10-6-17(7-11-19)22(26)24-15-21-5-4-14-28-21/h6-13,16,21H,3-5,14-15H2,1-2H3,(H,24,26)(H,25,27). The molecule has 0 aromatic heterocycles. The van der Waals surface area contributed by atoms with E-state index in [0.29, 0.717) is 23.4 Å². The van der Waals surface area contributed by atoms with Crippen LogP contribution in [0.25, 0.3) is 0 Å². The van der Waals surface area contributed by atoms with Crippen molar-refractivity contribution in [2.45, 2.75) is 45.3 Å². The minimum absolute atomic E-state index is 0.111. The molecule has 2 aromatic carbocycles. The highest BCUT2D eigenvalue weighted by molar-refractivity contribution is 6.04. The second kappa shape index (κ2) is 10.1. The summed E-state index contributed by atoms with van der Waals surface area (Å²) in [7, 11) is 0. The van der Waals surface area contributed by atoms with Crippen molar-refractivity contribution in [2.24, 2.45) is 0 Å². The molecule has 6 nitrogen and oxygen atoms in total. The maximum absolute atomic E-state index is 12.4. The first-order valence-corrected chi connectivity index (χ1v) is 10.1. The molecule has 3 rings (SSSR count). The third-order valence-corrected chi connectivity index (χ3v) is 4.95. The lowest BCUT2D eigenvalue weighted by molar-refractivity contribution is 0.0857. The molecule has 0 radical (unpaired) electrons. The van der Waals surface area contributed by atoms with E-state index < -0.39 is 0 Å². The molecule has 2 amide bonds. The van der Waals surface area contributed by atoms with E-state index in [1.807, 2.05) is 6.92 Å². The number of benzene rings is 2. The first-order chi connectivity index (χ1) is 14.0. The molecule has 2 aromatic rings. The molecule has 6 heteroatoms. The molecule has 2 N–H and O–H groups in total. The van der Waals surface area contributed by atoms with Gasteiger partial charge < -0.3 is 20.1 Å². The molecule has 1 heterocycles. The largest absolute Gasteiger partial charge is 0.491 e. The minimum Gasteiger partial charge on any atom is -0.491 e. The molecule has 0 saturated carbocycles. The Labute approximate surface area is 171 Å². The van der Waals surface area contributed by atoms with Gasteiger partial charge in [-0.3, -0.25) is 9.59 Å². The number of anilines is 1. The highest BCUT2D eigenvalue weighted by Crippen LogP contribution is 2.17. The zero-order valence-electron chi connectivity index (χ0n) is 16.9. The lowest BCUT2D eigenvalue weighted by Crippen LogP contribution is -2.31. The summed E-state index contributed by atoms with van der Waals surface area (Å²) in [6.07, 6.45) is 3.19. The molecular formula is C23H28N2O4. The van der Waals surface area contributed by atoms with Gasteiger partial charge in [0.25, 0.3) is 11.8 Å². The Morgan fingerprint density at radius 2 is 1.72 bits per heavy atom. The van der Waals surface area contributed by atoms with Crippen LogP contribution in [-0.2, 0) is 4.74 Å². The fourth-order valence-electron chi connectivity index (χ4n) is 3.02. The number of amides is 2. The average Bonchev–Trinajstić information content (AvgIpc) is 3.26. The van der Waals surface area contributed by atoms with Gasteiger partial charge in [0.1, 0.15) is 5.75 Å². The van der Waals surface area contributed by atoms with Crippen LogP contribution in [0.4, 0.5) is 5.69 Å². The summed E-state index contributed by atoms with van der Waals surface area (Å²) in [6.45, 7) is 5.36. The Morgan fingerprint density at radius 3 is 2.34 bits per heavy atom. The number of carbonyl (C=O) groups excluding carboxylic acids is 2. The summed E-state index contributed by atoms with van der Waals surface area (Å²) in [5, 5.41) is 5.73. The van der Waals surface area contributed by atoms with Crippen molar-refractivity contribution >= 4 is 17.5 Å². The van der Waals surface area contributed by atoms with Crippen LogP contribution >= 0.6 is 0 Å². The van der Waals surface area contributed by atoms with Crippen molar-refractivity contribution < 1.29 is 19.1 Å². The van der Waals surface area contributed by atoms with E-state index in [1.54, 1.807) is 48.5 Å². The van der Waals surface area contributed by atoms with Gasteiger partial charge in [-0.2, -0.15) is 0 Å². The van der Waals surface area contributed by atoms with Crippen molar-refractivity contribution in [1.82, 2.24) is 5.32 Å². The predicted molar refractivity (Wildman–Crippen MR) is 113 cm³/mol. The van der Waals surface area contributed by atoms with Crippen LogP contribution < -0.4 is 15.4 Å². The van der Waals surface area contributed by atoms with Crippen molar-refractivity contribution in [3.8, 4) is 5.75 Å². The van der Waals surface area contributed by atoms with Gasteiger partial charge in [0.15, 0.2) is 0 Å². The average molecular weight is 396 g/mol. The van der Waals surface area contributed by atoms with Gasteiger partial charge >= 0.3 is 0 Å². The molecule has 0 spiro atoms. The zero-order valence-corrected chi connectivity index (χ0v) is 16.9. The summed E-state index contributed by atoms with van der Waals surface area (Å²) >= 11 is 0. The Bertz CT molecular complexity index is 812. The number of carbonyl (C=O) groups is 2. The third kappa shape index (κ3) is 6.06. The van der Waals surface area contributed by atoms with Gasteiger partial charge in [0.2, 0.25) is 0 Å². The number of ether oxygens (including phenoxy) is 2. The van der Waals surface area contributed by atoms with E-state index in [0.717, 1.165) is 31.6 Å². The summed E-state index contributed by atoms with van der Waals surface area (Å²) in [6, 6.07) is 13.9. The summed E-state index contributed by atoms with van der Waals surface area (Å²) < 4.78 is 11.2. The smallest absolute Gasteiger partial charge is 0.255 e. The maximum Gasteiger partial charge on any atom is 0.255 e. The van der Waals surface area contributed by atoms with Crippen molar-refractivity contribution in [3.63, 3.8) is 0 Å². The Balaban J connectivity index is 1.52. The predicted octanol–water partition coefficient (Wildman–Crippen LogP) is 4.03. The van der Waals surface area contributed by atoms with Gasteiger partial charge in [-0.15, -0.1) is 0 Å². The van der Waals surface area contributed by atoms with Crippen LogP contribution in [0.3, 0.4) is 0 Å². The first kappa shape index (κ1) is 20.9. The van der Waals surface area contributed by atoms with E-state index in [1.165, 1.54) is 0 Å². The van der Waals surface area contributed by atoms with Crippen molar-refractivity contribution in [2.75, 3.05) is 18.5 Å². The number of hydrogen-bond acceptors (Lipinski definition) is 4. The van der Waals surface area contributed by atoms with E-state index in [2.05, 4.69) is 17.6 Å². The second-order valence-electron chi connectivity index (χ2n) is 7.24. The molecular weight excluding hydrogens is 368 g/mol. The van der Waals surface area contributed by atoms with E-state index in [9.17, 15) is 9.59 Å². The fourth-order valence-corrected chi connectivity index (χ4v) is 3.02. The lowest BCUT2D eigenvalue weighted by Gasteiger charge is -2.13. The van der Waals surface area contributed by atoms with Crippen LogP contribution in [-0.4, -0.2) is 37.2 Å². The minimum atomic E-state index is -0.212. The first-order valence-electron chi connectivity index (χ1n) is 10.1. The summed E-state index contributed by atoms with van der Waals surface area (Å²) in [5.74, 6) is 0.389. The zero-order chi connectivity index (χ0) is 20.6. The normalized spacial score (nSPS) is 16.8. The Kier molecular flexibility index (Phi) is 7.25. The third-order valence-electron chi connectivity index (χ3n) is 4.95.